The third-order valence-corrected chi connectivity index (χ3v) is 4.80. The van der Waals surface area contributed by atoms with Crippen molar-refractivity contribution in [2.24, 2.45) is 5.73 Å². The molecule has 0 aliphatic rings. The van der Waals surface area contributed by atoms with E-state index in [0.717, 1.165) is 5.56 Å². The number of rotatable bonds is 5. The molecule has 0 aromatic heterocycles. The molecular formula is C15H17NO3S. The Balaban J connectivity index is 2.23. The summed E-state index contributed by atoms with van der Waals surface area (Å²) in [6.07, 6.45) is 0. The molecule has 0 fully saturated rings. The van der Waals surface area contributed by atoms with Crippen LogP contribution in [0.25, 0.3) is 0 Å². The van der Waals surface area contributed by atoms with Crippen LogP contribution in [0.3, 0.4) is 0 Å². The molecule has 2 N–H and O–H groups in total. The van der Waals surface area contributed by atoms with Gasteiger partial charge in [-0.15, -0.1) is 0 Å². The van der Waals surface area contributed by atoms with E-state index in [-0.39, 0.29) is 10.6 Å². The minimum absolute atomic E-state index is 0.135. The second-order valence-corrected chi connectivity index (χ2v) is 6.51. The van der Waals surface area contributed by atoms with Crippen LogP contribution in [0, 0.1) is 0 Å². The van der Waals surface area contributed by atoms with Crippen LogP contribution in [0.5, 0.6) is 5.75 Å². The molecule has 20 heavy (non-hydrogen) atoms. The predicted molar refractivity (Wildman–Crippen MR) is 78.4 cm³/mol. The lowest BCUT2D eigenvalue weighted by Crippen LogP contribution is -2.21. The fourth-order valence-corrected chi connectivity index (χ4v) is 3.36. The summed E-state index contributed by atoms with van der Waals surface area (Å²) < 4.78 is 29.7. The Kier molecular flexibility index (Phi) is 4.42. The summed E-state index contributed by atoms with van der Waals surface area (Å²) >= 11 is 0. The highest BCUT2D eigenvalue weighted by molar-refractivity contribution is 7.91. The van der Waals surface area contributed by atoms with Gasteiger partial charge in [0.2, 0.25) is 0 Å². The van der Waals surface area contributed by atoms with Gasteiger partial charge >= 0.3 is 0 Å². The Hall–Kier alpha value is -1.85. The van der Waals surface area contributed by atoms with E-state index in [2.05, 4.69) is 0 Å². The molecule has 1 unspecified atom stereocenters. The van der Waals surface area contributed by atoms with Gasteiger partial charge in [0.1, 0.15) is 5.75 Å². The summed E-state index contributed by atoms with van der Waals surface area (Å²) in [5, 5.41) is 0. The highest BCUT2D eigenvalue weighted by Gasteiger charge is 2.20. The topological polar surface area (TPSA) is 69.4 Å². The Bertz CT molecular complexity index is 669. The zero-order valence-corrected chi connectivity index (χ0v) is 12.0. The normalized spacial score (nSPS) is 12.9. The lowest BCUT2D eigenvalue weighted by atomic mass is 10.1. The first-order valence-electron chi connectivity index (χ1n) is 6.20. The quantitative estimate of drug-likeness (QED) is 0.916. The summed E-state index contributed by atoms with van der Waals surface area (Å²) in [5.74, 6) is 0.379. The Morgan fingerprint density at radius 3 is 2.45 bits per heavy atom. The first-order chi connectivity index (χ1) is 9.53. The molecule has 0 saturated heterocycles. The molecule has 2 rings (SSSR count). The number of benzene rings is 2. The number of methoxy groups -OCH3 is 1. The lowest BCUT2D eigenvalue weighted by molar-refractivity contribution is 0.413. The number of hydrogen-bond acceptors (Lipinski definition) is 4. The molecule has 0 aliphatic heterocycles. The molecule has 5 heteroatoms. The summed E-state index contributed by atoms with van der Waals surface area (Å²) in [7, 11) is -1.94. The van der Waals surface area contributed by atoms with Gasteiger partial charge in [-0.25, -0.2) is 8.42 Å². The summed E-state index contributed by atoms with van der Waals surface area (Å²) in [6, 6.07) is 15.1. The van der Waals surface area contributed by atoms with Gasteiger partial charge in [0.15, 0.2) is 9.84 Å². The third-order valence-electron chi connectivity index (χ3n) is 3.03. The second-order valence-electron chi connectivity index (χ2n) is 4.48. The monoisotopic (exact) mass is 291 g/mol. The van der Waals surface area contributed by atoms with Crippen LogP contribution in [-0.2, 0) is 9.84 Å². The molecule has 2 aromatic carbocycles. The van der Waals surface area contributed by atoms with Crippen LogP contribution in [0.15, 0.2) is 59.5 Å². The van der Waals surface area contributed by atoms with Gasteiger partial charge in [0.05, 0.1) is 17.8 Å². The molecule has 4 nitrogen and oxygen atoms in total. The Morgan fingerprint density at radius 2 is 1.80 bits per heavy atom. The molecular weight excluding hydrogens is 274 g/mol. The van der Waals surface area contributed by atoms with Crippen LogP contribution < -0.4 is 10.5 Å². The van der Waals surface area contributed by atoms with Crippen molar-refractivity contribution >= 4 is 9.84 Å². The molecule has 0 spiro atoms. The minimum atomic E-state index is -3.45. The Morgan fingerprint density at radius 1 is 1.10 bits per heavy atom. The van der Waals surface area contributed by atoms with Crippen molar-refractivity contribution in [3.63, 3.8) is 0 Å². The third kappa shape index (κ3) is 3.37. The van der Waals surface area contributed by atoms with Crippen molar-refractivity contribution in [2.45, 2.75) is 10.9 Å². The largest absolute Gasteiger partial charge is 0.497 e. The molecule has 0 heterocycles. The molecule has 0 aliphatic carbocycles. The van der Waals surface area contributed by atoms with Gasteiger partial charge < -0.3 is 10.5 Å². The summed E-state index contributed by atoms with van der Waals surface area (Å²) in [4.78, 5) is 0.225. The molecule has 1 atom stereocenters. The summed E-state index contributed by atoms with van der Waals surface area (Å²) in [6.45, 7) is 0. The highest BCUT2D eigenvalue weighted by atomic mass is 32.2. The van der Waals surface area contributed by atoms with E-state index in [1.165, 1.54) is 13.2 Å². The molecule has 0 bridgehead atoms. The van der Waals surface area contributed by atoms with E-state index in [0.29, 0.717) is 5.75 Å². The maximum absolute atomic E-state index is 12.3. The summed E-state index contributed by atoms with van der Waals surface area (Å²) in [5.41, 5.74) is 6.78. The number of sulfone groups is 1. The number of hydrogen-bond donors (Lipinski definition) is 1. The van der Waals surface area contributed by atoms with Crippen molar-refractivity contribution in [3.05, 3.63) is 60.2 Å². The van der Waals surface area contributed by atoms with E-state index >= 15 is 0 Å². The second kappa shape index (κ2) is 6.07. The van der Waals surface area contributed by atoms with Gasteiger partial charge in [-0.3, -0.25) is 0 Å². The van der Waals surface area contributed by atoms with E-state index in [1.54, 1.807) is 18.2 Å². The minimum Gasteiger partial charge on any atom is -0.497 e. The molecule has 0 saturated carbocycles. The predicted octanol–water partition coefficient (Wildman–Crippen LogP) is 2.17. The van der Waals surface area contributed by atoms with Gasteiger partial charge in [0.25, 0.3) is 0 Å². The van der Waals surface area contributed by atoms with Crippen molar-refractivity contribution in [3.8, 4) is 5.75 Å². The van der Waals surface area contributed by atoms with Crippen molar-refractivity contribution in [1.82, 2.24) is 0 Å². The fraction of sp³-hybridized carbons (Fsp3) is 0.200. The van der Waals surface area contributed by atoms with Crippen LogP contribution >= 0.6 is 0 Å². The standard InChI is InChI=1S/C15H17NO3S/c1-19-13-8-5-9-14(10-13)20(17,18)11-15(16)12-6-3-2-4-7-12/h2-10,15H,11,16H2,1H3. The van der Waals surface area contributed by atoms with E-state index in [4.69, 9.17) is 10.5 Å². The average molecular weight is 291 g/mol. The van der Waals surface area contributed by atoms with E-state index in [9.17, 15) is 8.42 Å². The molecule has 0 amide bonds. The van der Waals surface area contributed by atoms with E-state index in [1.807, 2.05) is 30.3 Å². The average Bonchev–Trinajstić information content (AvgIpc) is 2.48. The molecule has 2 aromatic rings. The zero-order valence-electron chi connectivity index (χ0n) is 11.2. The van der Waals surface area contributed by atoms with Crippen molar-refractivity contribution in [2.75, 3.05) is 12.9 Å². The van der Waals surface area contributed by atoms with Gasteiger partial charge in [0, 0.05) is 6.04 Å². The maximum Gasteiger partial charge on any atom is 0.180 e. The number of nitrogens with two attached hydrogens (primary N) is 1. The van der Waals surface area contributed by atoms with Crippen LogP contribution in [0.2, 0.25) is 0 Å². The number of ether oxygens (including phenoxy) is 1. The first-order valence-corrected chi connectivity index (χ1v) is 7.85. The lowest BCUT2D eigenvalue weighted by Gasteiger charge is -2.13. The first kappa shape index (κ1) is 14.6. The fourth-order valence-electron chi connectivity index (χ4n) is 1.92. The van der Waals surface area contributed by atoms with E-state index < -0.39 is 15.9 Å². The van der Waals surface area contributed by atoms with Gasteiger partial charge in [-0.05, 0) is 23.8 Å². The maximum atomic E-state index is 12.3. The SMILES string of the molecule is COc1cccc(S(=O)(=O)CC(N)c2ccccc2)c1. The highest BCUT2D eigenvalue weighted by Crippen LogP contribution is 2.21. The van der Waals surface area contributed by atoms with Crippen LogP contribution in [0.4, 0.5) is 0 Å². The zero-order chi connectivity index (χ0) is 14.6. The van der Waals surface area contributed by atoms with Crippen LogP contribution in [0.1, 0.15) is 11.6 Å². The smallest absolute Gasteiger partial charge is 0.180 e. The van der Waals surface area contributed by atoms with Gasteiger partial charge in [-0.2, -0.15) is 0 Å². The Labute approximate surface area is 119 Å². The molecule has 106 valence electrons. The van der Waals surface area contributed by atoms with Crippen molar-refractivity contribution in [1.29, 1.82) is 0 Å². The van der Waals surface area contributed by atoms with Gasteiger partial charge in [-0.1, -0.05) is 36.4 Å². The van der Waals surface area contributed by atoms with Crippen molar-refractivity contribution < 1.29 is 13.2 Å². The van der Waals surface area contributed by atoms with Crippen LogP contribution in [-0.4, -0.2) is 21.3 Å². The molecule has 0 radical (unpaired) electrons.